The summed E-state index contributed by atoms with van der Waals surface area (Å²) in [5.41, 5.74) is 0.929. The fourth-order valence-electron chi connectivity index (χ4n) is 2.65. The van der Waals surface area contributed by atoms with Crippen molar-refractivity contribution in [2.75, 3.05) is 0 Å². The van der Waals surface area contributed by atoms with Gasteiger partial charge in [-0.2, -0.15) is 5.26 Å². The van der Waals surface area contributed by atoms with E-state index in [1.807, 2.05) is 6.07 Å². The second-order valence-electron chi connectivity index (χ2n) is 5.56. The zero-order valence-corrected chi connectivity index (χ0v) is 12.9. The van der Waals surface area contributed by atoms with Crippen LogP contribution in [0.2, 0.25) is 5.02 Å². The predicted molar refractivity (Wildman–Crippen MR) is 84.6 cm³/mol. The Balaban J connectivity index is 2.08. The summed E-state index contributed by atoms with van der Waals surface area (Å²) in [7, 11) is 0. The van der Waals surface area contributed by atoms with E-state index in [2.05, 4.69) is 12.2 Å². The van der Waals surface area contributed by atoms with Crippen LogP contribution >= 0.6 is 11.6 Å². The Labute approximate surface area is 130 Å². The summed E-state index contributed by atoms with van der Waals surface area (Å²) < 4.78 is 0. The highest BCUT2D eigenvalue weighted by Crippen LogP contribution is 2.24. The number of carbonyl (C=O) groups excluding carboxylic acids is 1. The first-order valence-electron chi connectivity index (χ1n) is 7.28. The van der Waals surface area contributed by atoms with Gasteiger partial charge in [-0.3, -0.25) is 4.79 Å². The average Bonchev–Trinajstić information content (AvgIpc) is 2.49. The molecule has 4 heteroatoms. The standard InChI is InChI=1S/C17H19ClN2O/c1-12-4-2-3-5-16(12)20-17(21)14(11-19)10-13-6-8-15(18)9-7-13/h6-10,12,16H,2-5H2,1H3,(H,20,21). The molecule has 1 saturated carbocycles. The number of nitrogens with one attached hydrogen (secondary N) is 1. The second kappa shape index (κ2) is 7.28. The van der Waals surface area contributed by atoms with E-state index in [1.54, 1.807) is 30.3 Å². The van der Waals surface area contributed by atoms with Gasteiger partial charge < -0.3 is 5.32 Å². The van der Waals surface area contributed by atoms with Crippen molar-refractivity contribution >= 4 is 23.6 Å². The highest BCUT2D eigenvalue weighted by Gasteiger charge is 2.23. The third kappa shape index (κ3) is 4.34. The summed E-state index contributed by atoms with van der Waals surface area (Å²) in [6.07, 6.45) is 6.08. The van der Waals surface area contributed by atoms with Crippen LogP contribution in [0.25, 0.3) is 6.08 Å². The van der Waals surface area contributed by atoms with Gasteiger partial charge in [-0.1, -0.05) is 43.5 Å². The number of hydrogen-bond donors (Lipinski definition) is 1. The first-order chi connectivity index (χ1) is 10.1. The molecule has 21 heavy (non-hydrogen) atoms. The molecule has 1 aliphatic carbocycles. The van der Waals surface area contributed by atoms with E-state index in [1.165, 1.54) is 6.42 Å². The lowest BCUT2D eigenvalue weighted by Crippen LogP contribution is -2.41. The van der Waals surface area contributed by atoms with Gasteiger partial charge in [0.1, 0.15) is 11.6 Å². The van der Waals surface area contributed by atoms with E-state index in [0.717, 1.165) is 24.8 Å². The van der Waals surface area contributed by atoms with Crippen LogP contribution in [-0.2, 0) is 4.79 Å². The molecule has 1 aromatic rings. The molecule has 1 amide bonds. The van der Waals surface area contributed by atoms with Gasteiger partial charge in [-0.05, 0) is 42.5 Å². The Morgan fingerprint density at radius 3 is 2.62 bits per heavy atom. The lowest BCUT2D eigenvalue weighted by molar-refractivity contribution is -0.118. The normalized spacial score (nSPS) is 22.4. The Hall–Kier alpha value is -1.79. The number of carbonyl (C=O) groups is 1. The summed E-state index contributed by atoms with van der Waals surface area (Å²) in [6, 6.07) is 9.21. The second-order valence-corrected chi connectivity index (χ2v) is 6.00. The highest BCUT2D eigenvalue weighted by molar-refractivity contribution is 6.30. The smallest absolute Gasteiger partial charge is 0.262 e. The monoisotopic (exact) mass is 302 g/mol. The van der Waals surface area contributed by atoms with Crippen LogP contribution in [0.4, 0.5) is 0 Å². The Kier molecular flexibility index (Phi) is 5.41. The van der Waals surface area contributed by atoms with E-state index in [4.69, 9.17) is 11.6 Å². The van der Waals surface area contributed by atoms with E-state index in [9.17, 15) is 10.1 Å². The average molecular weight is 303 g/mol. The molecular weight excluding hydrogens is 284 g/mol. The third-order valence-corrected chi connectivity index (χ3v) is 4.23. The van der Waals surface area contributed by atoms with Gasteiger partial charge in [0.25, 0.3) is 5.91 Å². The number of benzene rings is 1. The number of halogens is 1. The number of amides is 1. The zero-order valence-electron chi connectivity index (χ0n) is 12.1. The van der Waals surface area contributed by atoms with Crippen molar-refractivity contribution in [2.45, 2.75) is 38.6 Å². The molecular formula is C17H19ClN2O. The van der Waals surface area contributed by atoms with Crippen molar-refractivity contribution in [3.63, 3.8) is 0 Å². The van der Waals surface area contributed by atoms with Crippen LogP contribution in [-0.4, -0.2) is 11.9 Å². The number of nitriles is 1. The van der Waals surface area contributed by atoms with Crippen molar-refractivity contribution in [1.29, 1.82) is 5.26 Å². The van der Waals surface area contributed by atoms with Crippen LogP contribution < -0.4 is 5.32 Å². The van der Waals surface area contributed by atoms with Crippen molar-refractivity contribution < 1.29 is 4.79 Å². The predicted octanol–water partition coefficient (Wildman–Crippen LogP) is 3.94. The van der Waals surface area contributed by atoms with Crippen LogP contribution in [0.1, 0.15) is 38.2 Å². The fraction of sp³-hybridized carbons (Fsp3) is 0.412. The van der Waals surface area contributed by atoms with Crippen molar-refractivity contribution in [3.05, 3.63) is 40.4 Å². The highest BCUT2D eigenvalue weighted by atomic mass is 35.5. The molecule has 0 aliphatic heterocycles. The minimum atomic E-state index is -0.286. The summed E-state index contributed by atoms with van der Waals surface area (Å²) in [5, 5.41) is 12.8. The molecule has 0 spiro atoms. The van der Waals surface area contributed by atoms with Gasteiger partial charge in [0, 0.05) is 11.1 Å². The number of hydrogen-bond acceptors (Lipinski definition) is 2. The number of nitrogens with zero attached hydrogens (tertiary/aromatic N) is 1. The molecule has 110 valence electrons. The Morgan fingerprint density at radius 1 is 1.33 bits per heavy atom. The minimum absolute atomic E-state index is 0.134. The van der Waals surface area contributed by atoms with Gasteiger partial charge in [-0.15, -0.1) is 0 Å². The van der Waals surface area contributed by atoms with Crippen LogP contribution in [0.5, 0.6) is 0 Å². The van der Waals surface area contributed by atoms with Crippen LogP contribution in [0, 0.1) is 17.2 Å². The Bertz CT molecular complexity index is 571. The van der Waals surface area contributed by atoms with E-state index in [-0.39, 0.29) is 17.5 Å². The summed E-state index contributed by atoms with van der Waals surface area (Å²) in [6.45, 7) is 2.15. The topological polar surface area (TPSA) is 52.9 Å². The summed E-state index contributed by atoms with van der Waals surface area (Å²) >= 11 is 5.82. The third-order valence-electron chi connectivity index (χ3n) is 3.97. The van der Waals surface area contributed by atoms with Gasteiger partial charge in [0.15, 0.2) is 0 Å². The molecule has 3 nitrogen and oxygen atoms in total. The fourth-order valence-corrected chi connectivity index (χ4v) is 2.78. The molecule has 0 aromatic heterocycles. The van der Waals surface area contributed by atoms with Crippen molar-refractivity contribution in [3.8, 4) is 6.07 Å². The molecule has 0 heterocycles. The zero-order chi connectivity index (χ0) is 15.2. The molecule has 2 rings (SSSR count). The summed E-state index contributed by atoms with van der Waals surface area (Å²) in [4.78, 5) is 12.2. The molecule has 2 atom stereocenters. The van der Waals surface area contributed by atoms with Gasteiger partial charge >= 0.3 is 0 Å². The molecule has 1 aliphatic rings. The molecule has 0 saturated heterocycles. The van der Waals surface area contributed by atoms with Gasteiger partial charge in [-0.25, -0.2) is 0 Å². The lowest BCUT2D eigenvalue weighted by Gasteiger charge is -2.29. The maximum absolute atomic E-state index is 12.2. The molecule has 0 radical (unpaired) electrons. The minimum Gasteiger partial charge on any atom is -0.348 e. The Morgan fingerprint density at radius 2 is 2.00 bits per heavy atom. The maximum Gasteiger partial charge on any atom is 0.262 e. The first kappa shape index (κ1) is 15.6. The first-order valence-corrected chi connectivity index (χ1v) is 7.66. The van der Waals surface area contributed by atoms with Crippen molar-refractivity contribution in [1.82, 2.24) is 5.32 Å². The number of rotatable bonds is 3. The molecule has 1 N–H and O–H groups in total. The van der Waals surface area contributed by atoms with Crippen LogP contribution in [0.3, 0.4) is 0 Å². The van der Waals surface area contributed by atoms with Crippen LogP contribution in [0.15, 0.2) is 29.8 Å². The van der Waals surface area contributed by atoms with E-state index in [0.29, 0.717) is 10.9 Å². The molecule has 1 aromatic carbocycles. The lowest BCUT2D eigenvalue weighted by atomic mass is 9.86. The van der Waals surface area contributed by atoms with Gasteiger partial charge in [0.05, 0.1) is 0 Å². The largest absolute Gasteiger partial charge is 0.348 e. The van der Waals surface area contributed by atoms with E-state index < -0.39 is 0 Å². The SMILES string of the molecule is CC1CCCCC1NC(=O)C(C#N)=Cc1ccc(Cl)cc1. The van der Waals surface area contributed by atoms with E-state index >= 15 is 0 Å². The molecule has 1 fully saturated rings. The molecule has 2 unspecified atom stereocenters. The van der Waals surface area contributed by atoms with Crippen molar-refractivity contribution in [2.24, 2.45) is 5.92 Å². The summed E-state index contributed by atoms with van der Waals surface area (Å²) in [5.74, 6) is 0.185. The quantitative estimate of drug-likeness (QED) is 0.679. The maximum atomic E-state index is 12.2. The molecule has 0 bridgehead atoms. The van der Waals surface area contributed by atoms with Gasteiger partial charge in [0.2, 0.25) is 0 Å².